The number of hydrogen-bond donors (Lipinski definition) is 1. The molecule has 1 saturated carbocycles. The van der Waals surface area contributed by atoms with E-state index in [1.807, 2.05) is 0 Å². The number of aliphatic hydroxyl groups excluding tert-OH is 1. The molecule has 0 saturated heterocycles. The van der Waals surface area contributed by atoms with E-state index >= 15 is 0 Å². The Morgan fingerprint density at radius 2 is 1.71 bits per heavy atom. The monoisotopic (exact) mass is 240 g/mol. The Labute approximate surface area is 108 Å². The molecule has 1 heteroatoms. The molecule has 17 heavy (non-hydrogen) atoms. The summed E-state index contributed by atoms with van der Waals surface area (Å²) in [7, 11) is 0. The molecule has 1 N–H and O–H groups in total. The summed E-state index contributed by atoms with van der Waals surface area (Å²) in [6.07, 6.45) is 10.3. The topological polar surface area (TPSA) is 20.2 Å². The van der Waals surface area contributed by atoms with E-state index in [0.29, 0.717) is 12.0 Å². The Morgan fingerprint density at radius 1 is 1.12 bits per heavy atom. The molecule has 0 aromatic heterocycles. The highest BCUT2D eigenvalue weighted by Crippen LogP contribution is 2.47. The normalized spacial score (nSPS) is 30.5. The lowest BCUT2D eigenvalue weighted by Gasteiger charge is -2.43. The molecule has 0 bridgehead atoms. The Kier molecular flexibility index (Phi) is 5.50. The largest absolute Gasteiger partial charge is 0.396 e. The van der Waals surface area contributed by atoms with Gasteiger partial charge in [0, 0.05) is 6.61 Å². The van der Waals surface area contributed by atoms with E-state index in [-0.39, 0.29) is 5.41 Å². The number of rotatable bonds is 5. The fourth-order valence-electron chi connectivity index (χ4n) is 3.33. The van der Waals surface area contributed by atoms with Crippen molar-refractivity contribution in [1.29, 1.82) is 0 Å². The highest BCUT2D eigenvalue weighted by molar-refractivity contribution is 4.88. The summed E-state index contributed by atoms with van der Waals surface area (Å²) in [6.45, 7) is 9.75. The predicted molar refractivity (Wildman–Crippen MR) is 75.1 cm³/mol. The van der Waals surface area contributed by atoms with Crippen LogP contribution < -0.4 is 0 Å². The van der Waals surface area contributed by atoms with Crippen molar-refractivity contribution < 1.29 is 5.11 Å². The van der Waals surface area contributed by atoms with Crippen molar-refractivity contribution in [2.45, 2.75) is 79.1 Å². The molecule has 1 rings (SSSR count). The number of unbranched alkanes of at least 4 members (excludes halogenated alkanes) is 2. The first kappa shape index (κ1) is 15.0. The third-order valence-corrected chi connectivity index (χ3v) is 4.92. The maximum Gasteiger partial charge on any atom is 0.0487 e. The SMILES string of the molecule is CCCCCC1(CO)CCC(C(C)(C)C)CC1. The molecule has 0 aliphatic heterocycles. The average molecular weight is 240 g/mol. The Hall–Kier alpha value is -0.0400. The summed E-state index contributed by atoms with van der Waals surface area (Å²) in [6, 6.07) is 0. The van der Waals surface area contributed by atoms with Crippen molar-refractivity contribution in [3.05, 3.63) is 0 Å². The van der Waals surface area contributed by atoms with Gasteiger partial charge in [-0.3, -0.25) is 0 Å². The van der Waals surface area contributed by atoms with Gasteiger partial charge in [-0.25, -0.2) is 0 Å². The van der Waals surface area contributed by atoms with Gasteiger partial charge >= 0.3 is 0 Å². The second-order valence-corrected chi connectivity index (χ2v) is 7.26. The summed E-state index contributed by atoms with van der Waals surface area (Å²) < 4.78 is 0. The van der Waals surface area contributed by atoms with E-state index in [4.69, 9.17) is 0 Å². The van der Waals surface area contributed by atoms with Crippen molar-refractivity contribution >= 4 is 0 Å². The smallest absolute Gasteiger partial charge is 0.0487 e. The van der Waals surface area contributed by atoms with Gasteiger partial charge in [-0.1, -0.05) is 47.0 Å². The summed E-state index contributed by atoms with van der Waals surface area (Å²) in [4.78, 5) is 0. The maximum absolute atomic E-state index is 9.73. The zero-order valence-corrected chi connectivity index (χ0v) is 12.4. The van der Waals surface area contributed by atoms with Gasteiger partial charge < -0.3 is 5.11 Å². The molecule has 102 valence electrons. The Bertz CT molecular complexity index is 206. The summed E-state index contributed by atoms with van der Waals surface area (Å²) in [5, 5.41) is 9.73. The molecule has 0 spiro atoms. The van der Waals surface area contributed by atoms with Gasteiger partial charge in [0.05, 0.1) is 0 Å². The van der Waals surface area contributed by atoms with Crippen LogP contribution in [0.2, 0.25) is 0 Å². The average Bonchev–Trinajstić information content (AvgIpc) is 2.29. The van der Waals surface area contributed by atoms with Gasteiger partial charge in [0.25, 0.3) is 0 Å². The molecule has 0 heterocycles. The standard InChI is InChI=1S/C16H32O/c1-5-6-7-10-16(13-17)11-8-14(9-12-16)15(2,3)4/h14,17H,5-13H2,1-4H3. The van der Waals surface area contributed by atoms with Gasteiger partial charge in [-0.15, -0.1) is 0 Å². The molecule has 0 atom stereocenters. The van der Waals surface area contributed by atoms with Gasteiger partial charge in [-0.05, 0) is 48.9 Å². The van der Waals surface area contributed by atoms with Crippen molar-refractivity contribution in [3.8, 4) is 0 Å². The molecule has 0 unspecified atom stereocenters. The van der Waals surface area contributed by atoms with Crippen LogP contribution in [-0.2, 0) is 0 Å². The van der Waals surface area contributed by atoms with Gasteiger partial charge in [0.2, 0.25) is 0 Å². The van der Waals surface area contributed by atoms with E-state index in [0.717, 1.165) is 5.92 Å². The fraction of sp³-hybridized carbons (Fsp3) is 1.00. The van der Waals surface area contributed by atoms with E-state index in [2.05, 4.69) is 27.7 Å². The summed E-state index contributed by atoms with van der Waals surface area (Å²) in [5.41, 5.74) is 0.724. The minimum atomic E-state index is 0.275. The highest BCUT2D eigenvalue weighted by atomic mass is 16.3. The third-order valence-electron chi connectivity index (χ3n) is 4.92. The van der Waals surface area contributed by atoms with Crippen LogP contribution in [0.25, 0.3) is 0 Å². The van der Waals surface area contributed by atoms with Crippen molar-refractivity contribution in [2.24, 2.45) is 16.7 Å². The third kappa shape index (κ3) is 4.28. The number of aliphatic hydroxyl groups is 1. The van der Waals surface area contributed by atoms with Gasteiger partial charge in [-0.2, -0.15) is 0 Å². The van der Waals surface area contributed by atoms with Crippen molar-refractivity contribution in [3.63, 3.8) is 0 Å². The van der Waals surface area contributed by atoms with Crippen LogP contribution in [0, 0.1) is 16.7 Å². The second-order valence-electron chi connectivity index (χ2n) is 7.26. The van der Waals surface area contributed by atoms with Crippen LogP contribution >= 0.6 is 0 Å². The molecule has 0 radical (unpaired) electrons. The van der Waals surface area contributed by atoms with E-state index in [9.17, 15) is 5.11 Å². The number of hydrogen-bond acceptors (Lipinski definition) is 1. The first-order valence-electron chi connectivity index (χ1n) is 7.54. The van der Waals surface area contributed by atoms with Gasteiger partial charge in [0.1, 0.15) is 0 Å². The molecule has 1 aliphatic carbocycles. The van der Waals surface area contributed by atoms with Crippen LogP contribution in [0.15, 0.2) is 0 Å². The lowest BCUT2D eigenvalue weighted by Crippen LogP contribution is -2.35. The summed E-state index contributed by atoms with van der Waals surface area (Å²) >= 11 is 0. The van der Waals surface area contributed by atoms with Crippen molar-refractivity contribution in [2.75, 3.05) is 6.61 Å². The zero-order chi connectivity index (χ0) is 12.9. The first-order valence-corrected chi connectivity index (χ1v) is 7.54. The second kappa shape index (κ2) is 6.22. The zero-order valence-electron chi connectivity index (χ0n) is 12.4. The minimum absolute atomic E-state index is 0.275. The lowest BCUT2D eigenvalue weighted by molar-refractivity contribution is 0.0285. The summed E-state index contributed by atoms with van der Waals surface area (Å²) in [5.74, 6) is 0.855. The van der Waals surface area contributed by atoms with Gasteiger partial charge in [0.15, 0.2) is 0 Å². The van der Waals surface area contributed by atoms with Crippen LogP contribution in [0.4, 0.5) is 0 Å². The van der Waals surface area contributed by atoms with Crippen LogP contribution in [0.1, 0.15) is 79.1 Å². The van der Waals surface area contributed by atoms with E-state index < -0.39 is 0 Å². The lowest BCUT2D eigenvalue weighted by atomic mass is 9.63. The van der Waals surface area contributed by atoms with E-state index in [1.54, 1.807) is 0 Å². The molecule has 0 amide bonds. The highest BCUT2D eigenvalue weighted by Gasteiger charge is 2.37. The molecular formula is C16H32O. The first-order chi connectivity index (χ1) is 7.93. The Morgan fingerprint density at radius 3 is 2.12 bits per heavy atom. The molecule has 1 nitrogen and oxygen atoms in total. The predicted octanol–water partition coefficient (Wildman–Crippen LogP) is 4.78. The van der Waals surface area contributed by atoms with Crippen LogP contribution in [0.3, 0.4) is 0 Å². The maximum atomic E-state index is 9.73. The molecule has 0 aromatic rings. The molecular weight excluding hydrogens is 208 g/mol. The van der Waals surface area contributed by atoms with Crippen LogP contribution in [0.5, 0.6) is 0 Å². The molecule has 0 aromatic carbocycles. The quantitative estimate of drug-likeness (QED) is 0.686. The van der Waals surface area contributed by atoms with Crippen molar-refractivity contribution in [1.82, 2.24) is 0 Å². The fourth-order valence-corrected chi connectivity index (χ4v) is 3.33. The molecule has 1 aliphatic rings. The minimum Gasteiger partial charge on any atom is -0.396 e. The molecule has 1 fully saturated rings. The Balaban J connectivity index is 2.45. The van der Waals surface area contributed by atoms with Crippen LogP contribution in [-0.4, -0.2) is 11.7 Å². The van der Waals surface area contributed by atoms with E-state index in [1.165, 1.54) is 51.4 Å².